The second-order valence-corrected chi connectivity index (χ2v) is 5.27. The molecule has 0 aliphatic carbocycles. The van der Waals surface area contributed by atoms with Crippen molar-refractivity contribution in [2.24, 2.45) is 5.73 Å². The molecule has 1 atom stereocenters. The lowest BCUT2D eigenvalue weighted by molar-refractivity contribution is 0.190. The molecular formula is C14H26N4O. The molecule has 2 N–H and O–H groups in total. The van der Waals surface area contributed by atoms with Crippen LogP contribution in [0.5, 0.6) is 0 Å². The van der Waals surface area contributed by atoms with Gasteiger partial charge in [0, 0.05) is 45.6 Å². The molecule has 0 saturated carbocycles. The molecule has 1 unspecified atom stereocenters. The molecule has 1 aliphatic heterocycles. The summed E-state index contributed by atoms with van der Waals surface area (Å²) in [5.41, 5.74) is 7.23. The Labute approximate surface area is 115 Å². The molecular weight excluding hydrogens is 240 g/mol. The van der Waals surface area contributed by atoms with E-state index in [4.69, 9.17) is 15.5 Å². The number of rotatable bonds is 6. The summed E-state index contributed by atoms with van der Waals surface area (Å²) in [6.45, 7) is 5.89. The lowest BCUT2D eigenvalue weighted by Crippen LogP contribution is -2.44. The average molecular weight is 266 g/mol. The van der Waals surface area contributed by atoms with E-state index in [0.29, 0.717) is 0 Å². The summed E-state index contributed by atoms with van der Waals surface area (Å²) in [7, 11) is 1.75. The van der Waals surface area contributed by atoms with Crippen molar-refractivity contribution in [1.29, 1.82) is 0 Å². The molecule has 1 aromatic rings. The van der Waals surface area contributed by atoms with Gasteiger partial charge < -0.3 is 19.9 Å². The Balaban J connectivity index is 2.10. The first-order valence-electron chi connectivity index (χ1n) is 7.30. The third-order valence-corrected chi connectivity index (χ3v) is 3.66. The van der Waals surface area contributed by atoms with Crippen molar-refractivity contribution in [3.05, 3.63) is 11.9 Å². The zero-order valence-electron chi connectivity index (χ0n) is 12.1. The Kier molecular flexibility index (Phi) is 5.22. The minimum atomic E-state index is 0.281. The number of anilines is 1. The highest BCUT2D eigenvalue weighted by Gasteiger charge is 2.21. The van der Waals surface area contributed by atoms with E-state index >= 15 is 0 Å². The molecule has 1 saturated heterocycles. The number of piperidine rings is 1. The summed E-state index contributed by atoms with van der Waals surface area (Å²) in [5.74, 6) is 1.09. The molecule has 0 bridgehead atoms. The van der Waals surface area contributed by atoms with Gasteiger partial charge in [-0.25, -0.2) is 4.98 Å². The third kappa shape index (κ3) is 3.70. The third-order valence-electron chi connectivity index (χ3n) is 3.66. The smallest absolute Gasteiger partial charge is 0.205 e. The molecule has 0 radical (unpaired) electrons. The van der Waals surface area contributed by atoms with Gasteiger partial charge in [-0.2, -0.15) is 0 Å². The predicted molar refractivity (Wildman–Crippen MR) is 77.5 cm³/mol. The molecule has 1 aliphatic rings. The molecule has 1 aromatic heterocycles. The molecule has 0 amide bonds. The second kappa shape index (κ2) is 6.91. The maximum absolute atomic E-state index is 6.07. The first-order valence-corrected chi connectivity index (χ1v) is 7.30. The summed E-state index contributed by atoms with van der Waals surface area (Å²) >= 11 is 0. The number of hydrogen-bond acceptors (Lipinski definition) is 4. The van der Waals surface area contributed by atoms with Crippen molar-refractivity contribution in [1.82, 2.24) is 9.55 Å². The summed E-state index contributed by atoms with van der Waals surface area (Å²) in [4.78, 5) is 7.09. The molecule has 1 fully saturated rings. The number of aromatic nitrogens is 2. The summed E-state index contributed by atoms with van der Waals surface area (Å²) in [6, 6.07) is 0.281. The van der Waals surface area contributed by atoms with E-state index in [1.54, 1.807) is 7.11 Å². The van der Waals surface area contributed by atoms with Gasteiger partial charge in [-0.15, -0.1) is 0 Å². The Morgan fingerprint density at radius 2 is 2.37 bits per heavy atom. The van der Waals surface area contributed by atoms with Crippen LogP contribution in [0.4, 0.5) is 5.95 Å². The number of methoxy groups -OCH3 is 1. The van der Waals surface area contributed by atoms with Gasteiger partial charge >= 0.3 is 0 Å². The quantitative estimate of drug-likeness (QED) is 0.791. The summed E-state index contributed by atoms with van der Waals surface area (Å²) in [6.07, 6.45) is 6.45. The van der Waals surface area contributed by atoms with Crippen LogP contribution in [-0.2, 0) is 17.7 Å². The Morgan fingerprint density at radius 3 is 3.05 bits per heavy atom. The first kappa shape index (κ1) is 14.3. The summed E-state index contributed by atoms with van der Waals surface area (Å²) < 4.78 is 7.39. The van der Waals surface area contributed by atoms with Gasteiger partial charge in [0.15, 0.2) is 0 Å². The topological polar surface area (TPSA) is 56.3 Å². The number of imidazole rings is 1. The Morgan fingerprint density at radius 1 is 1.53 bits per heavy atom. The second-order valence-electron chi connectivity index (χ2n) is 5.27. The van der Waals surface area contributed by atoms with Crippen molar-refractivity contribution in [2.45, 2.75) is 45.2 Å². The zero-order valence-corrected chi connectivity index (χ0v) is 12.1. The number of nitrogens with zero attached hydrogens (tertiary/aromatic N) is 3. The molecule has 0 aromatic carbocycles. The molecule has 2 rings (SSSR count). The lowest BCUT2D eigenvalue weighted by atomic mass is 10.1. The van der Waals surface area contributed by atoms with Gasteiger partial charge in [-0.05, 0) is 25.7 Å². The standard InChI is InChI=1S/C14H26N4O/c1-3-13-11-18(8-5-9-19-2)14(16-13)17-7-4-6-12(15)10-17/h11-12H,3-10,15H2,1-2H3. The Hall–Kier alpha value is -1.07. The van der Waals surface area contributed by atoms with Crippen LogP contribution in [0, 0.1) is 0 Å². The molecule has 2 heterocycles. The van der Waals surface area contributed by atoms with Crippen LogP contribution in [0.3, 0.4) is 0 Å². The van der Waals surface area contributed by atoms with E-state index in [-0.39, 0.29) is 6.04 Å². The molecule has 5 nitrogen and oxygen atoms in total. The van der Waals surface area contributed by atoms with Crippen molar-refractivity contribution in [2.75, 3.05) is 31.7 Å². The van der Waals surface area contributed by atoms with E-state index in [2.05, 4.69) is 22.6 Å². The molecule has 108 valence electrons. The van der Waals surface area contributed by atoms with Gasteiger partial charge in [-0.1, -0.05) is 6.92 Å². The van der Waals surface area contributed by atoms with E-state index in [0.717, 1.165) is 63.6 Å². The highest BCUT2D eigenvalue weighted by molar-refractivity contribution is 5.34. The SMILES string of the molecule is CCc1cn(CCCOC)c(N2CCCC(N)C2)n1. The normalized spacial score (nSPS) is 19.9. The van der Waals surface area contributed by atoms with Gasteiger partial charge in [0.25, 0.3) is 0 Å². The van der Waals surface area contributed by atoms with Crippen molar-refractivity contribution in [3.63, 3.8) is 0 Å². The maximum Gasteiger partial charge on any atom is 0.205 e. The van der Waals surface area contributed by atoms with Crippen LogP contribution >= 0.6 is 0 Å². The van der Waals surface area contributed by atoms with Crippen molar-refractivity contribution >= 4 is 5.95 Å². The largest absolute Gasteiger partial charge is 0.385 e. The van der Waals surface area contributed by atoms with Crippen LogP contribution in [-0.4, -0.2) is 42.4 Å². The lowest BCUT2D eigenvalue weighted by Gasteiger charge is -2.31. The first-order chi connectivity index (χ1) is 9.24. The van der Waals surface area contributed by atoms with Gasteiger partial charge in [-0.3, -0.25) is 0 Å². The fraction of sp³-hybridized carbons (Fsp3) is 0.786. The minimum absolute atomic E-state index is 0.281. The Bertz CT molecular complexity index is 391. The van der Waals surface area contributed by atoms with Crippen LogP contribution in [0.2, 0.25) is 0 Å². The average Bonchev–Trinajstić information content (AvgIpc) is 2.82. The van der Waals surface area contributed by atoms with Crippen molar-refractivity contribution < 1.29 is 4.74 Å². The van der Waals surface area contributed by atoms with E-state index in [1.807, 2.05) is 0 Å². The monoisotopic (exact) mass is 266 g/mol. The van der Waals surface area contributed by atoms with Crippen LogP contribution in [0.25, 0.3) is 0 Å². The number of aryl methyl sites for hydroxylation is 2. The van der Waals surface area contributed by atoms with E-state index < -0.39 is 0 Å². The zero-order chi connectivity index (χ0) is 13.7. The molecule has 19 heavy (non-hydrogen) atoms. The fourth-order valence-corrected chi connectivity index (χ4v) is 2.62. The van der Waals surface area contributed by atoms with Gasteiger partial charge in [0.05, 0.1) is 5.69 Å². The van der Waals surface area contributed by atoms with Gasteiger partial charge in [0.2, 0.25) is 5.95 Å². The number of hydrogen-bond donors (Lipinski definition) is 1. The predicted octanol–water partition coefficient (Wildman–Crippen LogP) is 1.41. The minimum Gasteiger partial charge on any atom is -0.385 e. The van der Waals surface area contributed by atoms with Crippen LogP contribution < -0.4 is 10.6 Å². The fourth-order valence-electron chi connectivity index (χ4n) is 2.62. The number of ether oxygens (including phenoxy) is 1. The molecule has 5 heteroatoms. The van der Waals surface area contributed by atoms with Gasteiger partial charge in [0.1, 0.15) is 0 Å². The van der Waals surface area contributed by atoms with E-state index in [1.165, 1.54) is 0 Å². The van der Waals surface area contributed by atoms with Crippen LogP contribution in [0.15, 0.2) is 6.20 Å². The highest BCUT2D eigenvalue weighted by atomic mass is 16.5. The maximum atomic E-state index is 6.07. The summed E-state index contributed by atoms with van der Waals surface area (Å²) in [5, 5.41) is 0. The number of nitrogens with two attached hydrogens (primary N) is 1. The van der Waals surface area contributed by atoms with Crippen molar-refractivity contribution in [3.8, 4) is 0 Å². The highest BCUT2D eigenvalue weighted by Crippen LogP contribution is 2.20. The molecule has 0 spiro atoms. The van der Waals surface area contributed by atoms with E-state index in [9.17, 15) is 0 Å². The van der Waals surface area contributed by atoms with Crippen LogP contribution in [0.1, 0.15) is 31.9 Å².